The van der Waals surface area contributed by atoms with Gasteiger partial charge < -0.3 is 4.98 Å². The van der Waals surface area contributed by atoms with Crippen LogP contribution in [-0.4, -0.2) is 38.1 Å². The van der Waals surface area contributed by atoms with Crippen molar-refractivity contribution in [2.24, 2.45) is 9.98 Å². The number of hydrogen-bond acceptors (Lipinski definition) is 5. The highest BCUT2D eigenvalue weighted by molar-refractivity contribution is 5.95. The first-order valence-corrected chi connectivity index (χ1v) is 7.85. The molecule has 0 fully saturated rings. The summed E-state index contributed by atoms with van der Waals surface area (Å²) in [4.78, 5) is 19.6. The Morgan fingerprint density at radius 1 is 1.31 bits per heavy atom. The van der Waals surface area contributed by atoms with Crippen LogP contribution in [0, 0.1) is 5.82 Å². The van der Waals surface area contributed by atoms with Gasteiger partial charge >= 0.3 is 0 Å². The van der Waals surface area contributed by atoms with E-state index in [0.29, 0.717) is 39.3 Å². The molecule has 0 radical (unpaired) electrons. The summed E-state index contributed by atoms with van der Waals surface area (Å²) in [7, 11) is 0. The van der Waals surface area contributed by atoms with Gasteiger partial charge in [-0.05, 0) is 37.9 Å². The zero-order valence-electron chi connectivity index (χ0n) is 13.9. The lowest BCUT2D eigenvalue weighted by Gasteiger charge is -2.04. The maximum Gasteiger partial charge on any atom is 0.161 e. The molecule has 0 aliphatic heterocycles. The lowest BCUT2D eigenvalue weighted by atomic mass is 10.1. The molecule has 8 heteroatoms. The zero-order valence-corrected chi connectivity index (χ0v) is 13.9. The van der Waals surface area contributed by atoms with E-state index >= 15 is 4.39 Å². The fourth-order valence-electron chi connectivity index (χ4n) is 2.74. The number of nitrogens with zero attached hydrogens (tertiary/aromatic N) is 5. The van der Waals surface area contributed by atoms with E-state index < -0.39 is 5.82 Å². The molecule has 7 nitrogen and oxygen atoms in total. The summed E-state index contributed by atoms with van der Waals surface area (Å²) in [5.74, 6) is -0.0331. The van der Waals surface area contributed by atoms with Gasteiger partial charge in [-0.3, -0.25) is 15.1 Å². The summed E-state index contributed by atoms with van der Waals surface area (Å²) in [6.07, 6.45) is 4.71. The average Bonchev–Trinajstić information content (AvgIpc) is 3.27. The monoisotopic (exact) mass is 347 g/mol. The third-order valence-electron chi connectivity index (χ3n) is 3.94. The minimum absolute atomic E-state index is 0.287. The lowest BCUT2D eigenvalue weighted by molar-refractivity contribution is 0.636. The fraction of sp³-hybridized carbons (Fsp3) is 0.0556. The summed E-state index contributed by atoms with van der Waals surface area (Å²) < 4.78 is 15.3. The van der Waals surface area contributed by atoms with Crippen molar-refractivity contribution in [3.63, 3.8) is 0 Å². The molecule has 2 N–H and O–H groups in total. The number of fused-ring (bicyclic) bond motifs is 2. The average molecular weight is 347 g/mol. The first-order valence-electron chi connectivity index (χ1n) is 7.85. The first-order chi connectivity index (χ1) is 12.7. The Hall–Kier alpha value is -3.68. The molecule has 3 heterocycles. The largest absolute Gasteiger partial charge is 0.321 e. The van der Waals surface area contributed by atoms with Crippen molar-refractivity contribution in [1.82, 2.24) is 25.1 Å². The van der Waals surface area contributed by atoms with Crippen molar-refractivity contribution in [3.05, 3.63) is 48.0 Å². The number of H-pyrrole nitrogens is 2. The Morgan fingerprint density at radius 2 is 2.19 bits per heavy atom. The van der Waals surface area contributed by atoms with Gasteiger partial charge in [0.2, 0.25) is 0 Å². The van der Waals surface area contributed by atoms with Crippen LogP contribution >= 0.6 is 0 Å². The number of aromatic nitrogens is 5. The van der Waals surface area contributed by atoms with Crippen LogP contribution in [0.15, 0.2) is 46.6 Å². The highest BCUT2D eigenvalue weighted by Gasteiger charge is 2.19. The van der Waals surface area contributed by atoms with Gasteiger partial charge in [0.05, 0.1) is 22.8 Å². The van der Waals surface area contributed by atoms with Crippen molar-refractivity contribution < 1.29 is 4.39 Å². The summed E-state index contributed by atoms with van der Waals surface area (Å²) in [5.41, 5.74) is 2.84. The molecule has 0 bridgehead atoms. The van der Waals surface area contributed by atoms with Gasteiger partial charge in [-0.25, -0.2) is 14.4 Å². The molecule has 0 amide bonds. The number of benzene rings is 1. The van der Waals surface area contributed by atoms with Gasteiger partial charge in [0.15, 0.2) is 11.5 Å². The number of halogens is 1. The van der Waals surface area contributed by atoms with Crippen LogP contribution in [0.25, 0.3) is 39.3 Å². The van der Waals surface area contributed by atoms with Gasteiger partial charge in [-0.15, -0.1) is 0 Å². The van der Waals surface area contributed by atoms with Crippen molar-refractivity contribution in [3.8, 4) is 11.5 Å². The Kier molecular flexibility index (Phi) is 3.85. The summed E-state index contributed by atoms with van der Waals surface area (Å²) in [5, 5.41) is 7.38. The summed E-state index contributed by atoms with van der Waals surface area (Å²) in [6, 6.07) is 6.96. The molecule has 0 unspecified atom stereocenters. The predicted molar refractivity (Wildman–Crippen MR) is 101 cm³/mol. The van der Waals surface area contributed by atoms with Gasteiger partial charge in [0.1, 0.15) is 17.0 Å². The van der Waals surface area contributed by atoms with Crippen molar-refractivity contribution in [2.75, 3.05) is 0 Å². The van der Waals surface area contributed by atoms with Crippen molar-refractivity contribution in [2.45, 2.75) is 6.92 Å². The van der Waals surface area contributed by atoms with Crippen LogP contribution < -0.4 is 0 Å². The Bertz CT molecular complexity index is 1150. The highest BCUT2D eigenvalue weighted by Crippen LogP contribution is 2.32. The molecule has 0 aliphatic carbocycles. The second-order valence-electron chi connectivity index (χ2n) is 5.46. The minimum atomic E-state index is -0.468. The van der Waals surface area contributed by atoms with E-state index in [1.54, 1.807) is 37.5 Å². The molecule has 0 aliphatic rings. The fourth-order valence-corrected chi connectivity index (χ4v) is 2.74. The number of pyridine rings is 1. The minimum Gasteiger partial charge on any atom is -0.321 e. The van der Waals surface area contributed by atoms with E-state index in [1.165, 1.54) is 6.20 Å². The molecule has 0 spiro atoms. The quantitative estimate of drug-likeness (QED) is 0.551. The molecule has 1 aromatic carbocycles. The predicted octanol–water partition coefficient (Wildman–Crippen LogP) is 3.73. The van der Waals surface area contributed by atoms with Gasteiger partial charge in [0, 0.05) is 18.0 Å². The topological polar surface area (TPSA) is 95.0 Å². The molecule has 3 aromatic heterocycles. The number of hydrogen-bond donors (Lipinski definition) is 2. The molecule has 4 rings (SSSR count). The number of aromatic amines is 2. The van der Waals surface area contributed by atoms with Crippen molar-refractivity contribution >= 4 is 40.7 Å². The number of rotatable bonds is 4. The smallest absolute Gasteiger partial charge is 0.161 e. The molecule has 4 aromatic rings. The van der Waals surface area contributed by atoms with E-state index in [9.17, 15) is 0 Å². The van der Waals surface area contributed by atoms with Crippen LogP contribution in [0.5, 0.6) is 0 Å². The van der Waals surface area contributed by atoms with Crippen LogP contribution in [-0.2, 0) is 0 Å². The lowest BCUT2D eigenvalue weighted by Crippen LogP contribution is -1.91. The van der Waals surface area contributed by atoms with Crippen LogP contribution in [0.4, 0.5) is 4.39 Å². The molecule has 0 saturated carbocycles. The van der Waals surface area contributed by atoms with E-state index in [2.05, 4.69) is 41.9 Å². The molecule has 128 valence electrons. The van der Waals surface area contributed by atoms with Crippen LogP contribution in [0.3, 0.4) is 0 Å². The Balaban J connectivity index is 1.94. The SMILES string of the molecule is C=N/C(=C\N=C/C)c1ccc2[nH]nc(-c3nc4cccnc4[nH]3)c2c1F. The Morgan fingerprint density at radius 3 is 2.96 bits per heavy atom. The third kappa shape index (κ3) is 2.48. The standard InChI is InChI=1S/C18H14FN7/c1-3-21-9-13(20-2)10-6-7-11-14(15(10)19)16(26-25-11)18-23-12-5-4-8-22-17(12)24-18/h3-9H,2H2,1H3,(H,25,26)(H,22,23,24)/b13-9-,21-3-. The second-order valence-corrected chi connectivity index (χ2v) is 5.46. The highest BCUT2D eigenvalue weighted by atomic mass is 19.1. The third-order valence-corrected chi connectivity index (χ3v) is 3.94. The molecule has 0 saturated heterocycles. The van der Waals surface area contributed by atoms with Gasteiger partial charge in [0.25, 0.3) is 0 Å². The van der Waals surface area contributed by atoms with E-state index in [4.69, 9.17) is 0 Å². The molecular formula is C18H14FN7. The van der Waals surface area contributed by atoms with Crippen molar-refractivity contribution in [1.29, 1.82) is 0 Å². The first kappa shape index (κ1) is 15.8. The van der Waals surface area contributed by atoms with Gasteiger partial charge in [-0.1, -0.05) is 0 Å². The maximum atomic E-state index is 15.3. The van der Waals surface area contributed by atoms with Crippen LogP contribution in [0.1, 0.15) is 12.5 Å². The normalized spacial score (nSPS) is 12.5. The van der Waals surface area contributed by atoms with E-state index in [1.807, 2.05) is 6.07 Å². The number of aliphatic imine (C=N–C) groups is 2. The van der Waals surface area contributed by atoms with E-state index in [0.717, 1.165) is 0 Å². The summed E-state index contributed by atoms with van der Waals surface area (Å²) >= 11 is 0. The van der Waals surface area contributed by atoms with E-state index in [-0.39, 0.29) is 5.56 Å². The summed E-state index contributed by atoms with van der Waals surface area (Å²) in [6.45, 7) is 5.26. The molecule has 0 atom stereocenters. The maximum absolute atomic E-state index is 15.3. The zero-order chi connectivity index (χ0) is 18.1. The Labute approximate surface area is 147 Å². The van der Waals surface area contributed by atoms with Crippen LogP contribution in [0.2, 0.25) is 0 Å². The second kappa shape index (κ2) is 6.32. The van der Waals surface area contributed by atoms with Gasteiger partial charge in [-0.2, -0.15) is 5.10 Å². The molecule has 26 heavy (non-hydrogen) atoms. The molecular weight excluding hydrogens is 333 g/mol. The number of imidazole rings is 1. The number of nitrogens with one attached hydrogen (secondary N) is 2.